The van der Waals surface area contributed by atoms with Crippen molar-refractivity contribution >= 4 is 45.9 Å². The number of thiazole rings is 1. The van der Waals surface area contributed by atoms with Crippen LogP contribution >= 0.6 is 23.1 Å². The third-order valence-electron chi connectivity index (χ3n) is 4.99. The number of aromatic nitrogens is 1. The highest BCUT2D eigenvalue weighted by atomic mass is 32.2. The Morgan fingerprint density at radius 1 is 1.23 bits per heavy atom. The maximum Gasteiger partial charge on any atom is 0.330 e. The van der Waals surface area contributed by atoms with Crippen molar-refractivity contribution in [3.63, 3.8) is 0 Å². The van der Waals surface area contributed by atoms with Gasteiger partial charge in [0.05, 0.1) is 10.4 Å². The van der Waals surface area contributed by atoms with Gasteiger partial charge in [0.2, 0.25) is 0 Å². The van der Waals surface area contributed by atoms with Gasteiger partial charge in [0, 0.05) is 24.8 Å². The lowest BCUT2D eigenvalue weighted by Crippen LogP contribution is -2.46. The molecule has 162 valence electrons. The minimum absolute atomic E-state index is 0.107. The summed E-state index contributed by atoms with van der Waals surface area (Å²) in [4.78, 5) is 31.8. The first-order valence-corrected chi connectivity index (χ1v) is 11.1. The molecule has 0 saturated heterocycles. The van der Waals surface area contributed by atoms with E-state index in [2.05, 4.69) is 4.98 Å². The Bertz CT molecular complexity index is 945. The van der Waals surface area contributed by atoms with Gasteiger partial charge in [-0.25, -0.2) is 18.6 Å². The summed E-state index contributed by atoms with van der Waals surface area (Å²) in [6.07, 6.45) is 5.03. The summed E-state index contributed by atoms with van der Waals surface area (Å²) in [5.74, 6) is -2.92. The van der Waals surface area contributed by atoms with Gasteiger partial charge < -0.3 is 5.11 Å². The molecule has 10 heteroatoms. The summed E-state index contributed by atoms with van der Waals surface area (Å²) in [5, 5.41) is 9.70. The van der Waals surface area contributed by atoms with Gasteiger partial charge in [-0.3, -0.25) is 14.6 Å². The average molecular weight is 456 g/mol. The lowest BCUT2D eigenvalue weighted by atomic mass is 10.1. The molecule has 1 saturated carbocycles. The van der Waals surface area contributed by atoms with Crippen LogP contribution in [0, 0.1) is 11.6 Å². The number of nitrogens with zero attached hydrogens (tertiary/aromatic N) is 3. The van der Waals surface area contributed by atoms with Gasteiger partial charge in [-0.2, -0.15) is 0 Å². The number of rotatable bonds is 6. The Morgan fingerprint density at radius 3 is 2.50 bits per heavy atom. The normalized spacial score (nSPS) is 14.7. The third-order valence-corrected chi connectivity index (χ3v) is 7.35. The monoisotopic (exact) mass is 455 g/mol. The molecular weight excluding hydrogens is 432 g/mol. The van der Waals surface area contributed by atoms with Gasteiger partial charge in [0.25, 0.3) is 0 Å². The highest BCUT2D eigenvalue weighted by molar-refractivity contribution is 8.03. The van der Waals surface area contributed by atoms with Crippen LogP contribution in [0.4, 0.5) is 24.4 Å². The van der Waals surface area contributed by atoms with Crippen molar-refractivity contribution in [2.45, 2.75) is 54.5 Å². The minimum Gasteiger partial charge on any atom is -0.480 e. The van der Waals surface area contributed by atoms with Crippen LogP contribution in [-0.2, 0) is 4.79 Å². The molecule has 1 aromatic heterocycles. The van der Waals surface area contributed by atoms with Crippen molar-refractivity contribution in [2.75, 3.05) is 16.8 Å². The summed E-state index contributed by atoms with van der Waals surface area (Å²) in [7, 11) is 1.57. The Balaban J connectivity index is 1.85. The largest absolute Gasteiger partial charge is 0.480 e. The van der Waals surface area contributed by atoms with Crippen LogP contribution in [0.25, 0.3) is 0 Å². The predicted octanol–water partition coefficient (Wildman–Crippen LogP) is 5.38. The lowest BCUT2D eigenvalue weighted by molar-refractivity contribution is -0.138. The van der Waals surface area contributed by atoms with Crippen LogP contribution in [-0.4, -0.2) is 39.9 Å². The number of thioether (sulfide) groups is 1. The third kappa shape index (κ3) is 4.75. The smallest absolute Gasteiger partial charge is 0.330 e. The molecule has 0 aliphatic heterocycles. The molecule has 1 N–H and O–H groups in total. The van der Waals surface area contributed by atoms with Crippen LogP contribution in [0.5, 0.6) is 0 Å². The average Bonchev–Trinajstić information content (AvgIpc) is 3.36. The molecule has 6 nitrogen and oxygen atoms in total. The zero-order valence-corrected chi connectivity index (χ0v) is 18.5. The van der Waals surface area contributed by atoms with Crippen molar-refractivity contribution in [2.24, 2.45) is 0 Å². The van der Waals surface area contributed by atoms with Crippen molar-refractivity contribution < 1.29 is 23.5 Å². The lowest BCUT2D eigenvalue weighted by Gasteiger charge is -2.32. The summed E-state index contributed by atoms with van der Waals surface area (Å²) in [5.41, 5.74) is 0.302. The molecule has 0 unspecified atom stereocenters. The first kappa shape index (κ1) is 22.5. The van der Waals surface area contributed by atoms with E-state index in [1.165, 1.54) is 33.4 Å². The zero-order chi connectivity index (χ0) is 22.1. The molecule has 3 rings (SSSR count). The number of benzene rings is 1. The standard InChI is InChI=1S/C20H23F2N3O3S2/c1-20(2,17(26)27)30-16-11-23-18(29-16)24(3)19(28)25(12-6-4-5-7-12)13-8-9-14(21)15(22)10-13/h8-12H,4-7H2,1-3H3,(H,26,27). The van der Waals surface area contributed by atoms with Gasteiger partial charge in [0.15, 0.2) is 16.8 Å². The summed E-state index contributed by atoms with van der Waals surface area (Å²) in [6.45, 7) is 3.19. The van der Waals surface area contributed by atoms with Gasteiger partial charge in [0.1, 0.15) is 4.75 Å². The van der Waals surface area contributed by atoms with E-state index in [-0.39, 0.29) is 6.04 Å². The van der Waals surface area contributed by atoms with Crippen LogP contribution < -0.4 is 9.80 Å². The van der Waals surface area contributed by atoms with Gasteiger partial charge in [-0.15, -0.1) is 0 Å². The Hall–Kier alpha value is -2.20. The number of carbonyl (C=O) groups excluding carboxylic acids is 1. The van der Waals surface area contributed by atoms with E-state index in [9.17, 15) is 23.5 Å². The van der Waals surface area contributed by atoms with E-state index in [1.807, 2.05) is 0 Å². The molecule has 1 aliphatic carbocycles. The van der Waals surface area contributed by atoms with Crippen molar-refractivity contribution in [1.82, 2.24) is 4.98 Å². The predicted molar refractivity (Wildman–Crippen MR) is 115 cm³/mol. The maximum absolute atomic E-state index is 13.9. The van der Waals surface area contributed by atoms with Crippen molar-refractivity contribution in [3.8, 4) is 0 Å². The molecule has 2 aromatic rings. The van der Waals surface area contributed by atoms with E-state index in [4.69, 9.17) is 0 Å². The topological polar surface area (TPSA) is 73.7 Å². The summed E-state index contributed by atoms with van der Waals surface area (Å²) in [6, 6.07) is 2.96. The Kier molecular flexibility index (Phi) is 6.66. The summed E-state index contributed by atoms with van der Waals surface area (Å²) >= 11 is 2.36. The number of carboxylic acid groups (broad SMARTS) is 1. The molecule has 0 radical (unpaired) electrons. The van der Waals surface area contributed by atoms with Gasteiger partial charge >= 0.3 is 12.0 Å². The second-order valence-corrected chi connectivity index (χ2v) is 10.6. The molecular formula is C20H23F2N3O3S2. The molecule has 2 amide bonds. The van der Waals surface area contributed by atoms with E-state index < -0.39 is 28.4 Å². The summed E-state index contributed by atoms with van der Waals surface area (Å²) < 4.78 is 26.9. The first-order chi connectivity index (χ1) is 14.1. The highest BCUT2D eigenvalue weighted by Gasteiger charge is 2.33. The van der Waals surface area contributed by atoms with Gasteiger partial charge in [-0.05, 0) is 38.8 Å². The number of hydrogen-bond donors (Lipinski definition) is 1. The molecule has 1 aromatic carbocycles. The number of carbonyl (C=O) groups is 2. The zero-order valence-electron chi connectivity index (χ0n) is 16.9. The first-order valence-electron chi connectivity index (χ1n) is 9.50. The van der Waals surface area contributed by atoms with Crippen molar-refractivity contribution in [3.05, 3.63) is 36.0 Å². The SMILES string of the molecule is CN(C(=O)N(c1ccc(F)c(F)c1)C1CCCC1)c1ncc(SC(C)(C)C(=O)O)s1. The van der Waals surface area contributed by atoms with Crippen LogP contribution in [0.1, 0.15) is 39.5 Å². The molecule has 1 aliphatic rings. The van der Waals surface area contributed by atoms with E-state index in [1.54, 1.807) is 20.9 Å². The maximum atomic E-state index is 13.9. The minimum atomic E-state index is -1.03. The molecule has 0 bridgehead atoms. The van der Waals surface area contributed by atoms with Crippen molar-refractivity contribution in [1.29, 1.82) is 0 Å². The Morgan fingerprint density at radius 2 is 1.90 bits per heavy atom. The van der Waals surface area contributed by atoms with Gasteiger partial charge in [-0.1, -0.05) is 35.9 Å². The molecule has 1 heterocycles. The van der Waals surface area contributed by atoms with E-state index in [0.717, 1.165) is 49.6 Å². The van der Waals surface area contributed by atoms with E-state index in [0.29, 0.717) is 15.0 Å². The fraction of sp³-hybridized carbons (Fsp3) is 0.450. The number of hydrogen-bond acceptors (Lipinski definition) is 5. The fourth-order valence-corrected chi connectivity index (χ4v) is 5.58. The number of aliphatic carboxylic acids is 1. The number of anilines is 2. The number of urea groups is 1. The second kappa shape index (κ2) is 8.89. The number of carboxylic acids is 1. The Labute approximate surface area is 181 Å². The van der Waals surface area contributed by atoms with Crippen LogP contribution in [0.2, 0.25) is 0 Å². The quantitative estimate of drug-likeness (QED) is 0.592. The van der Waals surface area contributed by atoms with Crippen LogP contribution in [0.15, 0.2) is 28.6 Å². The second-order valence-electron chi connectivity index (χ2n) is 7.63. The molecule has 0 atom stereocenters. The van der Waals surface area contributed by atoms with Crippen LogP contribution in [0.3, 0.4) is 0 Å². The number of halogens is 2. The number of amides is 2. The molecule has 30 heavy (non-hydrogen) atoms. The van der Waals surface area contributed by atoms with E-state index >= 15 is 0 Å². The highest BCUT2D eigenvalue weighted by Crippen LogP contribution is 2.39. The molecule has 1 fully saturated rings. The fourth-order valence-electron chi connectivity index (χ4n) is 3.27. The molecule has 0 spiro atoms.